The Hall–Kier alpha value is -1.77. The van der Waals surface area contributed by atoms with Crippen LogP contribution in [0, 0.1) is 13.8 Å². The minimum absolute atomic E-state index is 0.242. The van der Waals surface area contributed by atoms with Crippen molar-refractivity contribution in [2.75, 3.05) is 7.11 Å². The van der Waals surface area contributed by atoms with E-state index in [1.807, 2.05) is 32.9 Å². The van der Waals surface area contributed by atoms with Gasteiger partial charge in [-0.2, -0.15) is 0 Å². The number of aryl methyl sites for hydroxylation is 2. The van der Waals surface area contributed by atoms with Crippen LogP contribution in [0.5, 0.6) is 5.75 Å². The van der Waals surface area contributed by atoms with Crippen LogP contribution in [0.15, 0.2) is 21.3 Å². The smallest absolute Gasteiger partial charge is 0.339 e. The van der Waals surface area contributed by atoms with E-state index in [2.05, 4.69) is 0 Å². The van der Waals surface area contributed by atoms with E-state index in [0.717, 1.165) is 27.8 Å². The van der Waals surface area contributed by atoms with Gasteiger partial charge in [-0.1, -0.05) is 6.92 Å². The number of ether oxygens (including phenoxy) is 1. The molecule has 2 rings (SSSR count). The lowest BCUT2D eigenvalue weighted by atomic mass is 10.0. The van der Waals surface area contributed by atoms with Gasteiger partial charge in [-0.05, 0) is 38.0 Å². The van der Waals surface area contributed by atoms with Crippen LogP contribution in [0.2, 0.25) is 0 Å². The molecular weight excluding hydrogens is 216 g/mol. The number of benzene rings is 1. The van der Waals surface area contributed by atoms with Crippen molar-refractivity contribution in [1.82, 2.24) is 0 Å². The predicted molar refractivity (Wildman–Crippen MR) is 67.9 cm³/mol. The van der Waals surface area contributed by atoms with Gasteiger partial charge in [0, 0.05) is 16.5 Å². The second-order valence-electron chi connectivity index (χ2n) is 4.12. The van der Waals surface area contributed by atoms with Gasteiger partial charge in [0.1, 0.15) is 11.3 Å². The van der Waals surface area contributed by atoms with Crippen LogP contribution >= 0.6 is 0 Å². The van der Waals surface area contributed by atoms with E-state index in [-0.39, 0.29) is 5.63 Å². The van der Waals surface area contributed by atoms with Gasteiger partial charge in [-0.15, -0.1) is 0 Å². The molecule has 0 saturated heterocycles. The molecule has 0 spiro atoms. The van der Waals surface area contributed by atoms with E-state index in [4.69, 9.17) is 9.15 Å². The Labute approximate surface area is 100 Å². The summed E-state index contributed by atoms with van der Waals surface area (Å²) in [7, 11) is 1.61. The molecule has 0 unspecified atom stereocenters. The summed E-state index contributed by atoms with van der Waals surface area (Å²) in [6.07, 6.45) is 0.690. The number of rotatable bonds is 2. The minimum atomic E-state index is -0.242. The second kappa shape index (κ2) is 4.24. The van der Waals surface area contributed by atoms with Crippen LogP contribution in [0.4, 0.5) is 0 Å². The fraction of sp³-hybridized carbons (Fsp3) is 0.357. The Kier molecular flexibility index (Phi) is 2.92. The highest BCUT2D eigenvalue weighted by Gasteiger charge is 2.13. The third-order valence-electron chi connectivity index (χ3n) is 3.23. The zero-order valence-corrected chi connectivity index (χ0v) is 10.6. The molecule has 0 N–H and O–H groups in total. The molecule has 0 aliphatic heterocycles. The summed E-state index contributed by atoms with van der Waals surface area (Å²) in [5.74, 6) is 0.740. The van der Waals surface area contributed by atoms with Gasteiger partial charge in [0.2, 0.25) is 0 Å². The standard InChI is InChI=1S/C14H16O3/c1-5-10-8(2)11-6-7-12(16-4)9(3)13(11)17-14(10)15/h6-7H,5H2,1-4H3. The molecule has 1 aromatic carbocycles. The van der Waals surface area contributed by atoms with Crippen LogP contribution in [0.1, 0.15) is 23.6 Å². The molecule has 90 valence electrons. The van der Waals surface area contributed by atoms with Crippen molar-refractivity contribution in [3.05, 3.63) is 39.2 Å². The number of methoxy groups -OCH3 is 1. The molecule has 0 bridgehead atoms. The van der Waals surface area contributed by atoms with Crippen molar-refractivity contribution in [2.45, 2.75) is 27.2 Å². The minimum Gasteiger partial charge on any atom is -0.496 e. The lowest BCUT2D eigenvalue weighted by molar-refractivity contribution is 0.410. The second-order valence-corrected chi connectivity index (χ2v) is 4.12. The molecular formula is C14H16O3. The summed E-state index contributed by atoms with van der Waals surface area (Å²) in [5.41, 5.74) is 3.01. The highest BCUT2D eigenvalue weighted by Crippen LogP contribution is 2.29. The zero-order valence-electron chi connectivity index (χ0n) is 10.6. The molecule has 0 amide bonds. The fourth-order valence-corrected chi connectivity index (χ4v) is 2.20. The van der Waals surface area contributed by atoms with Gasteiger partial charge in [0.15, 0.2) is 0 Å². The lowest BCUT2D eigenvalue weighted by Gasteiger charge is -2.10. The largest absolute Gasteiger partial charge is 0.496 e. The van der Waals surface area contributed by atoms with E-state index in [9.17, 15) is 4.79 Å². The van der Waals surface area contributed by atoms with Crippen molar-refractivity contribution in [1.29, 1.82) is 0 Å². The molecule has 3 nitrogen and oxygen atoms in total. The zero-order chi connectivity index (χ0) is 12.6. The first-order valence-electron chi connectivity index (χ1n) is 5.70. The molecule has 3 heteroatoms. The Morgan fingerprint density at radius 3 is 2.53 bits per heavy atom. The average Bonchev–Trinajstić information content (AvgIpc) is 2.31. The van der Waals surface area contributed by atoms with Crippen LogP contribution in [0.25, 0.3) is 11.0 Å². The highest BCUT2D eigenvalue weighted by atomic mass is 16.5. The Balaban J connectivity index is 2.91. The van der Waals surface area contributed by atoms with Gasteiger partial charge in [-0.25, -0.2) is 4.79 Å². The Bertz CT molecular complexity index is 623. The van der Waals surface area contributed by atoms with Crippen molar-refractivity contribution < 1.29 is 9.15 Å². The molecule has 0 saturated carbocycles. The number of hydrogen-bond acceptors (Lipinski definition) is 3. The molecule has 1 heterocycles. The van der Waals surface area contributed by atoms with Crippen LogP contribution in [-0.2, 0) is 6.42 Å². The van der Waals surface area contributed by atoms with Crippen LogP contribution < -0.4 is 10.4 Å². The van der Waals surface area contributed by atoms with Crippen LogP contribution in [0.3, 0.4) is 0 Å². The molecule has 0 aliphatic carbocycles. The van der Waals surface area contributed by atoms with Gasteiger partial charge < -0.3 is 9.15 Å². The summed E-state index contributed by atoms with van der Waals surface area (Å²) in [6, 6.07) is 3.85. The monoisotopic (exact) mass is 232 g/mol. The first kappa shape index (κ1) is 11.7. The van der Waals surface area contributed by atoms with E-state index in [0.29, 0.717) is 12.0 Å². The third-order valence-corrected chi connectivity index (χ3v) is 3.23. The fourth-order valence-electron chi connectivity index (χ4n) is 2.20. The molecule has 0 radical (unpaired) electrons. The predicted octanol–water partition coefficient (Wildman–Crippen LogP) is 2.98. The number of fused-ring (bicyclic) bond motifs is 1. The van der Waals surface area contributed by atoms with E-state index in [1.165, 1.54) is 0 Å². The van der Waals surface area contributed by atoms with Crippen molar-refractivity contribution in [3.8, 4) is 5.75 Å². The van der Waals surface area contributed by atoms with Gasteiger partial charge in [0.05, 0.1) is 7.11 Å². The maximum absolute atomic E-state index is 11.8. The SMILES string of the molecule is CCc1c(C)c2ccc(OC)c(C)c2oc1=O. The third kappa shape index (κ3) is 1.71. The summed E-state index contributed by atoms with van der Waals surface area (Å²) < 4.78 is 10.6. The molecule has 0 atom stereocenters. The van der Waals surface area contributed by atoms with Gasteiger partial charge in [-0.3, -0.25) is 0 Å². The Morgan fingerprint density at radius 1 is 1.24 bits per heavy atom. The van der Waals surface area contributed by atoms with Crippen molar-refractivity contribution in [3.63, 3.8) is 0 Å². The lowest BCUT2D eigenvalue weighted by Crippen LogP contribution is -2.09. The van der Waals surface area contributed by atoms with E-state index >= 15 is 0 Å². The molecule has 17 heavy (non-hydrogen) atoms. The van der Waals surface area contributed by atoms with Crippen molar-refractivity contribution in [2.24, 2.45) is 0 Å². The van der Waals surface area contributed by atoms with Gasteiger partial charge >= 0.3 is 5.63 Å². The van der Waals surface area contributed by atoms with E-state index < -0.39 is 0 Å². The number of hydrogen-bond donors (Lipinski definition) is 0. The molecule has 1 aromatic heterocycles. The maximum atomic E-state index is 11.8. The summed E-state index contributed by atoms with van der Waals surface area (Å²) >= 11 is 0. The summed E-state index contributed by atoms with van der Waals surface area (Å²) in [4.78, 5) is 11.8. The molecule has 2 aromatic rings. The highest BCUT2D eigenvalue weighted by molar-refractivity contribution is 5.85. The van der Waals surface area contributed by atoms with Gasteiger partial charge in [0.25, 0.3) is 0 Å². The van der Waals surface area contributed by atoms with Crippen molar-refractivity contribution >= 4 is 11.0 Å². The molecule has 0 aliphatic rings. The first-order chi connectivity index (χ1) is 8.10. The summed E-state index contributed by atoms with van der Waals surface area (Å²) in [5, 5.41) is 0.986. The quantitative estimate of drug-likeness (QED) is 0.747. The average molecular weight is 232 g/mol. The maximum Gasteiger partial charge on any atom is 0.339 e. The normalized spacial score (nSPS) is 10.8. The molecule has 0 fully saturated rings. The summed E-state index contributed by atoms with van der Waals surface area (Å²) in [6.45, 7) is 5.82. The first-order valence-corrected chi connectivity index (χ1v) is 5.70. The topological polar surface area (TPSA) is 39.4 Å². The Morgan fingerprint density at radius 2 is 1.94 bits per heavy atom. The van der Waals surface area contributed by atoms with Crippen LogP contribution in [-0.4, -0.2) is 7.11 Å². The van der Waals surface area contributed by atoms with E-state index in [1.54, 1.807) is 7.11 Å².